The number of nitrogens with zero attached hydrogens (tertiary/aromatic N) is 1. The summed E-state index contributed by atoms with van der Waals surface area (Å²) < 4.78 is 29.7. The zero-order valence-electron chi connectivity index (χ0n) is 17.5. The van der Waals surface area contributed by atoms with Crippen LogP contribution in [-0.2, 0) is 13.0 Å². The molecule has 0 aliphatic rings. The molecular formula is C22H30FN3O3. The van der Waals surface area contributed by atoms with Gasteiger partial charge in [-0.05, 0) is 55.2 Å². The third-order valence-corrected chi connectivity index (χ3v) is 4.36. The molecule has 0 atom stereocenters. The molecule has 2 N–H and O–H groups in total. The van der Waals surface area contributed by atoms with Gasteiger partial charge in [0.15, 0.2) is 29.0 Å². The van der Waals surface area contributed by atoms with E-state index in [4.69, 9.17) is 14.2 Å². The summed E-state index contributed by atoms with van der Waals surface area (Å²) in [6.07, 6.45) is 1.83. The first kappa shape index (κ1) is 22.3. The molecule has 2 aromatic carbocycles. The molecule has 0 unspecified atom stereocenters. The summed E-state index contributed by atoms with van der Waals surface area (Å²) in [5.41, 5.74) is 2.00. The third-order valence-electron chi connectivity index (χ3n) is 4.36. The van der Waals surface area contributed by atoms with Crippen molar-refractivity contribution in [3.63, 3.8) is 0 Å². The maximum atomic E-state index is 13.8. The first-order chi connectivity index (χ1) is 14.1. The van der Waals surface area contributed by atoms with Crippen molar-refractivity contribution in [3.8, 4) is 17.2 Å². The van der Waals surface area contributed by atoms with E-state index in [0.717, 1.165) is 36.4 Å². The lowest BCUT2D eigenvalue weighted by molar-refractivity contribution is 0.310. The number of nitrogens with one attached hydrogen (secondary N) is 2. The maximum absolute atomic E-state index is 13.8. The summed E-state index contributed by atoms with van der Waals surface area (Å²) in [4.78, 5) is 4.20. The normalized spacial score (nSPS) is 11.1. The maximum Gasteiger partial charge on any atom is 0.191 e. The summed E-state index contributed by atoms with van der Waals surface area (Å²) in [6.45, 7) is 3.78. The minimum atomic E-state index is -0.374. The predicted molar refractivity (Wildman–Crippen MR) is 114 cm³/mol. The van der Waals surface area contributed by atoms with Gasteiger partial charge >= 0.3 is 0 Å². The first-order valence-corrected chi connectivity index (χ1v) is 9.67. The summed E-state index contributed by atoms with van der Waals surface area (Å²) >= 11 is 0. The fourth-order valence-electron chi connectivity index (χ4n) is 2.87. The molecule has 0 bridgehead atoms. The van der Waals surface area contributed by atoms with E-state index in [0.29, 0.717) is 19.1 Å². The number of hydrogen-bond acceptors (Lipinski definition) is 4. The first-order valence-electron chi connectivity index (χ1n) is 9.67. The lowest BCUT2D eigenvalue weighted by atomic mass is 10.1. The van der Waals surface area contributed by atoms with Crippen LogP contribution in [0.4, 0.5) is 4.39 Å². The standard InChI is InChI=1S/C22H30FN3O3/c1-5-29-21-14-16(8-11-20(21)28-4)7-6-12-25-22(24-2)26-15-17-9-10-19(27-3)18(23)13-17/h8-11,13-14H,5-7,12,15H2,1-4H3,(H2,24,25,26). The Bertz CT molecular complexity index is 812. The van der Waals surface area contributed by atoms with E-state index in [2.05, 4.69) is 15.6 Å². The summed E-state index contributed by atoms with van der Waals surface area (Å²) in [5, 5.41) is 6.46. The molecular weight excluding hydrogens is 373 g/mol. The number of rotatable bonds is 10. The Hall–Kier alpha value is -2.96. The summed E-state index contributed by atoms with van der Waals surface area (Å²) in [6, 6.07) is 10.9. The van der Waals surface area contributed by atoms with Crippen molar-refractivity contribution in [3.05, 3.63) is 53.3 Å². The van der Waals surface area contributed by atoms with Crippen LogP contribution in [0.25, 0.3) is 0 Å². The van der Waals surface area contributed by atoms with Crippen LogP contribution in [0.15, 0.2) is 41.4 Å². The number of aliphatic imine (C=N–C) groups is 1. The van der Waals surface area contributed by atoms with Gasteiger partial charge in [-0.25, -0.2) is 4.39 Å². The molecule has 2 rings (SSSR count). The molecule has 0 saturated heterocycles. The van der Waals surface area contributed by atoms with Crippen LogP contribution in [0.1, 0.15) is 24.5 Å². The number of guanidine groups is 1. The van der Waals surface area contributed by atoms with E-state index in [1.807, 2.05) is 31.2 Å². The second-order valence-electron chi connectivity index (χ2n) is 6.34. The van der Waals surface area contributed by atoms with Gasteiger partial charge in [-0.1, -0.05) is 12.1 Å². The predicted octanol–water partition coefficient (Wildman–Crippen LogP) is 3.54. The molecule has 0 saturated carbocycles. The largest absolute Gasteiger partial charge is 0.494 e. The zero-order chi connectivity index (χ0) is 21.1. The van der Waals surface area contributed by atoms with Crippen molar-refractivity contribution in [1.82, 2.24) is 10.6 Å². The Balaban J connectivity index is 1.78. The third kappa shape index (κ3) is 6.85. The van der Waals surface area contributed by atoms with Gasteiger partial charge in [-0.3, -0.25) is 4.99 Å². The number of halogens is 1. The van der Waals surface area contributed by atoms with E-state index in [1.54, 1.807) is 20.2 Å². The number of ether oxygens (including phenoxy) is 3. The Morgan fingerprint density at radius 1 is 0.966 bits per heavy atom. The highest BCUT2D eigenvalue weighted by Gasteiger charge is 2.06. The minimum Gasteiger partial charge on any atom is -0.494 e. The van der Waals surface area contributed by atoms with Gasteiger partial charge in [0.1, 0.15) is 0 Å². The Morgan fingerprint density at radius 3 is 2.34 bits per heavy atom. The number of hydrogen-bond donors (Lipinski definition) is 2. The van der Waals surface area contributed by atoms with Crippen molar-refractivity contribution >= 4 is 5.96 Å². The Morgan fingerprint density at radius 2 is 1.69 bits per heavy atom. The lowest BCUT2D eigenvalue weighted by Crippen LogP contribution is -2.37. The second-order valence-corrected chi connectivity index (χ2v) is 6.34. The van der Waals surface area contributed by atoms with E-state index < -0.39 is 0 Å². The number of aryl methyl sites for hydroxylation is 1. The topological polar surface area (TPSA) is 64.1 Å². The highest BCUT2D eigenvalue weighted by molar-refractivity contribution is 5.79. The van der Waals surface area contributed by atoms with Gasteiger partial charge in [0.25, 0.3) is 0 Å². The Kier molecular flexibility index (Phi) is 9.08. The highest BCUT2D eigenvalue weighted by Crippen LogP contribution is 2.28. The van der Waals surface area contributed by atoms with Gasteiger partial charge in [0, 0.05) is 20.1 Å². The average molecular weight is 403 g/mol. The van der Waals surface area contributed by atoms with Crippen molar-refractivity contribution in [2.24, 2.45) is 4.99 Å². The van der Waals surface area contributed by atoms with Gasteiger partial charge in [-0.2, -0.15) is 0 Å². The van der Waals surface area contributed by atoms with Crippen molar-refractivity contribution in [2.45, 2.75) is 26.3 Å². The molecule has 158 valence electrons. The van der Waals surface area contributed by atoms with E-state index in [1.165, 1.54) is 18.7 Å². The van der Waals surface area contributed by atoms with Crippen molar-refractivity contribution in [1.29, 1.82) is 0 Å². The molecule has 2 aromatic rings. The number of methoxy groups -OCH3 is 2. The molecule has 0 aromatic heterocycles. The summed E-state index contributed by atoms with van der Waals surface area (Å²) in [5.74, 6) is 2.05. The second kappa shape index (κ2) is 11.8. The molecule has 0 amide bonds. The highest BCUT2D eigenvalue weighted by atomic mass is 19.1. The number of benzene rings is 2. The van der Waals surface area contributed by atoms with E-state index in [-0.39, 0.29) is 11.6 Å². The van der Waals surface area contributed by atoms with Crippen molar-refractivity contribution < 1.29 is 18.6 Å². The van der Waals surface area contributed by atoms with Crippen LogP contribution in [-0.4, -0.2) is 40.4 Å². The molecule has 7 heteroatoms. The molecule has 29 heavy (non-hydrogen) atoms. The lowest BCUT2D eigenvalue weighted by Gasteiger charge is -2.13. The van der Waals surface area contributed by atoms with E-state index >= 15 is 0 Å². The van der Waals surface area contributed by atoms with E-state index in [9.17, 15) is 4.39 Å². The zero-order valence-corrected chi connectivity index (χ0v) is 17.5. The van der Waals surface area contributed by atoms with Crippen LogP contribution in [0.2, 0.25) is 0 Å². The fourth-order valence-corrected chi connectivity index (χ4v) is 2.87. The van der Waals surface area contributed by atoms with Crippen molar-refractivity contribution in [2.75, 3.05) is 34.4 Å². The van der Waals surface area contributed by atoms with Crippen LogP contribution >= 0.6 is 0 Å². The molecule has 0 aliphatic heterocycles. The van der Waals surface area contributed by atoms with Crippen LogP contribution in [0.5, 0.6) is 17.2 Å². The smallest absolute Gasteiger partial charge is 0.191 e. The quantitative estimate of drug-likeness (QED) is 0.361. The monoisotopic (exact) mass is 403 g/mol. The van der Waals surface area contributed by atoms with Crippen LogP contribution in [0, 0.1) is 5.82 Å². The van der Waals surface area contributed by atoms with Gasteiger partial charge in [0.2, 0.25) is 0 Å². The minimum absolute atomic E-state index is 0.238. The molecule has 0 radical (unpaired) electrons. The molecule has 6 nitrogen and oxygen atoms in total. The molecule has 0 spiro atoms. The SMILES string of the molecule is CCOc1cc(CCCNC(=NC)NCc2ccc(OC)c(F)c2)ccc1OC. The van der Waals surface area contributed by atoms with Gasteiger partial charge in [-0.15, -0.1) is 0 Å². The Labute approximate surface area is 172 Å². The van der Waals surface area contributed by atoms with Gasteiger partial charge in [0.05, 0.1) is 20.8 Å². The average Bonchev–Trinajstić information content (AvgIpc) is 2.73. The van der Waals surface area contributed by atoms with Crippen LogP contribution in [0.3, 0.4) is 0 Å². The van der Waals surface area contributed by atoms with Crippen LogP contribution < -0.4 is 24.8 Å². The summed E-state index contributed by atoms with van der Waals surface area (Å²) in [7, 11) is 4.80. The molecule has 0 heterocycles. The molecule has 0 aliphatic carbocycles. The fraction of sp³-hybridized carbons (Fsp3) is 0.409. The molecule has 0 fully saturated rings. The van der Waals surface area contributed by atoms with Gasteiger partial charge < -0.3 is 24.8 Å².